The summed E-state index contributed by atoms with van der Waals surface area (Å²) in [7, 11) is -3.64. The maximum Gasteiger partial charge on any atom is 0.306 e. The van der Waals surface area contributed by atoms with Gasteiger partial charge in [-0.3, -0.25) is 4.79 Å². The SMILES string of the molecule is CS(=O)(=O)Oc1ccc(O)c(CCC(N)=O)c1I. The number of carbonyl (C=O) groups excluding carboxylic acids is 1. The maximum absolute atomic E-state index is 11.1. The standard InChI is InChI=1S/C10H12INO5S/c1-18(15,16)17-8-4-3-7(13)6(10(8)11)2-5-9(12)14/h3-4,13H,2,5H2,1H3,(H2,12,14). The first-order valence-corrected chi connectivity index (χ1v) is 7.78. The first kappa shape index (κ1) is 15.0. The van der Waals surface area contributed by atoms with Crippen LogP contribution < -0.4 is 9.92 Å². The zero-order valence-corrected chi connectivity index (χ0v) is 12.5. The molecule has 0 unspecified atom stereocenters. The van der Waals surface area contributed by atoms with Crippen molar-refractivity contribution in [3.05, 3.63) is 21.3 Å². The Morgan fingerprint density at radius 3 is 2.61 bits per heavy atom. The van der Waals surface area contributed by atoms with E-state index in [2.05, 4.69) is 0 Å². The van der Waals surface area contributed by atoms with Gasteiger partial charge in [0.05, 0.1) is 9.83 Å². The molecule has 0 spiro atoms. The van der Waals surface area contributed by atoms with E-state index >= 15 is 0 Å². The van der Waals surface area contributed by atoms with Gasteiger partial charge in [0.15, 0.2) is 5.75 Å². The van der Waals surface area contributed by atoms with E-state index in [4.69, 9.17) is 9.92 Å². The molecule has 0 aliphatic rings. The Balaban J connectivity index is 3.10. The smallest absolute Gasteiger partial charge is 0.306 e. The lowest BCUT2D eigenvalue weighted by Gasteiger charge is -2.11. The Kier molecular flexibility index (Phi) is 4.79. The van der Waals surface area contributed by atoms with Gasteiger partial charge in [-0.15, -0.1) is 0 Å². The summed E-state index contributed by atoms with van der Waals surface area (Å²) < 4.78 is 27.3. The molecule has 3 N–H and O–H groups in total. The van der Waals surface area contributed by atoms with Crippen LogP contribution in [0.4, 0.5) is 0 Å². The lowest BCUT2D eigenvalue weighted by atomic mass is 10.1. The summed E-state index contributed by atoms with van der Waals surface area (Å²) in [5, 5.41) is 9.67. The van der Waals surface area contributed by atoms with E-state index in [-0.39, 0.29) is 24.3 Å². The van der Waals surface area contributed by atoms with E-state index in [9.17, 15) is 18.3 Å². The minimum absolute atomic E-state index is 0.0264. The van der Waals surface area contributed by atoms with Gasteiger partial charge in [0.25, 0.3) is 0 Å². The number of hydrogen-bond acceptors (Lipinski definition) is 5. The van der Waals surface area contributed by atoms with Crippen LogP contribution in [-0.4, -0.2) is 25.7 Å². The second kappa shape index (κ2) is 5.74. The zero-order valence-electron chi connectivity index (χ0n) is 9.51. The van der Waals surface area contributed by atoms with Gasteiger partial charge in [-0.2, -0.15) is 8.42 Å². The van der Waals surface area contributed by atoms with Crippen molar-refractivity contribution in [2.24, 2.45) is 5.73 Å². The summed E-state index contributed by atoms with van der Waals surface area (Å²) in [5.41, 5.74) is 5.47. The molecule has 0 bridgehead atoms. The van der Waals surface area contributed by atoms with Crippen molar-refractivity contribution in [3.8, 4) is 11.5 Å². The summed E-state index contributed by atoms with van der Waals surface area (Å²) in [6.07, 6.45) is 1.21. The number of aromatic hydroxyl groups is 1. The van der Waals surface area contributed by atoms with E-state index in [1.54, 1.807) is 0 Å². The highest BCUT2D eigenvalue weighted by molar-refractivity contribution is 14.1. The van der Waals surface area contributed by atoms with Crippen molar-refractivity contribution < 1.29 is 22.5 Å². The van der Waals surface area contributed by atoms with Crippen LogP contribution in [0.5, 0.6) is 11.5 Å². The number of carbonyl (C=O) groups is 1. The molecule has 1 amide bonds. The molecule has 0 fully saturated rings. The molecule has 0 radical (unpaired) electrons. The molecule has 0 aromatic heterocycles. The zero-order chi connectivity index (χ0) is 13.9. The molecule has 1 aromatic rings. The van der Waals surface area contributed by atoms with Crippen LogP contribution in [0.2, 0.25) is 0 Å². The van der Waals surface area contributed by atoms with Crippen molar-refractivity contribution in [2.45, 2.75) is 12.8 Å². The molecule has 1 rings (SSSR count). The van der Waals surface area contributed by atoms with Crippen molar-refractivity contribution in [1.82, 2.24) is 0 Å². The first-order valence-electron chi connectivity index (χ1n) is 4.89. The molecule has 6 nitrogen and oxygen atoms in total. The lowest BCUT2D eigenvalue weighted by molar-refractivity contribution is -0.117. The fraction of sp³-hybridized carbons (Fsp3) is 0.300. The van der Waals surface area contributed by atoms with Crippen LogP contribution in [0.15, 0.2) is 12.1 Å². The molecule has 1 aromatic carbocycles. The molecule has 18 heavy (non-hydrogen) atoms. The van der Waals surface area contributed by atoms with E-state index in [0.717, 1.165) is 6.26 Å². The molecule has 0 saturated carbocycles. The second-order valence-corrected chi connectivity index (χ2v) is 6.28. The number of primary amides is 1. The summed E-state index contributed by atoms with van der Waals surface area (Å²) >= 11 is 1.85. The minimum Gasteiger partial charge on any atom is -0.508 e. The van der Waals surface area contributed by atoms with Crippen LogP contribution in [0.3, 0.4) is 0 Å². The van der Waals surface area contributed by atoms with Gasteiger partial charge < -0.3 is 15.0 Å². The van der Waals surface area contributed by atoms with Crippen LogP contribution in [0.25, 0.3) is 0 Å². The number of nitrogens with two attached hydrogens (primary N) is 1. The minimum atomic E-state index is -3.64. The number of phenols is 1. The third-order valence-corrected chi connectivity index (χ3v) is 3.71. The number of phenolic OH excluding ortho intramolecular Hbond substituents is 1. The molecule has 0 saturated heterocycles. The Bertz CT molecular complexity index is 570. The van der Waals surface area contributed by atoms with E-state index in [1.807, 2.05) is 22.6 Å². The number of amides is 1. The molecule has 0 heterocycles. The highest BCUT2D eigenvalue weighted by Gasteiger charge is 2.15. The molecule has 8 heteroatoms. The molecular formula is C10H12INO5S. The summed E-state index contributed by atoms with van der Waals surface area (Å²) in [6, 6.07) is 2.67. The van der Waals surface area contributed by atoms with Crippen LogP contribution in [-0.2, 0) is 21.3 Å². The number of hydrogen-bond donors (Lipinski definition) is 2. The van der Waals surface area contributed by atoms with Crippen molar-refractivity contribution in [2.75, 3.05) is 6.26 Å². The van der Waals surface area contributed by atoms with Gasteiger partial charge in [0.2, 0.25) is 5.91 Å². The average Bonchev–Trinajstić information content (AvgIpc) is 2.20. The van der Waals surface area contributed by atoms with Crippen molar-refractivity contribution in [3.63, 3.8) is 0 Å². The normalized spacial score (nSPS) is 11.2. The van der Waals surface area contributed by atoms with Gasteiger partial charge >= 0.3 is 10.1 Å². The first-order chi connectivity index (χ1) is 8.20. The Labute approximate surface area is 118 Å². The predicted octanol–water partition coefficient (Wildman–Crippen LogP) is 0.753. The fourth-order valence-corrected chi connectivity index (χ4v) is 2.75. The largest absolute Gasteiger partial charge is 0.508 e. The lowest BCUT2D eigenvalue weighted by Crippen LogP contribution is -2.12. The quantitative estimate of drug-likeness (QED) is 0.575. The Morgan fingerprint density at radius 1 is 1.50 bits per heavy atom. The summed E-state index contributed by atoms with van der Waals surface area (Å²) in [4.78, 5) is 10.7. The maximum atomic E-state index is 11.1. The highest BCUT2D eigenvalue weighted by atomic mass is 127. The Hall–Kier alpha value is -1.03. The highest BCUT2D eigenvalue weighted by Crippen LogP contribution is 2.32. The van der Waals surface area contributed by atoms with Crippen LogP contribution >= 0.6 is 22.6 Å². The topological polar surface area (TPSA) is 107 Å². The fourth-order valence-electron chi connectivity index (χ4n) is 1.30. The molecule has 0 atom stereocenters. The second-order valence-electron chi connectivity index (χ2n) is 3.63. The molecular weight excluding hydrogens is 373 g/mol. The summed E-state index contributed by atoms with van der Waals surface area (Å²) in [6.45, 7) is 0. The molecule has 0 aliphatic heterocycles. The monoisotopic (exact) mass is 385 g/mol. The van der Waals surface area contributed by atoms with Crippen LogP contribution in [0.1, 0.15) is 12.0 Å². The van der Waals surface area contributed by atoms with Gasteiger partial charge in [0.1, 0.15) is 5.75 Å². The third-order valence-electron chi connectivity index (χ3n) is 2.05. The van der Waals surface area contributed by atoms with Gasteiger partial charge in [0, 0.05) is 12.0 Å². The number of halogens is 1. The number of benzene rings is 1. The molecule has 100 valence electrons. The number of rotatable bonds is 5. The van der Waals surface area contributed by atoms with Gasteiger partial charge in [-0.1, -0.05) is 0 Å². The van der Waals surface area contributed by atoms with E-state index in [1.165, 1.54) is 12.1 Å². The van der Waals surface area contributed by atoms with Crippen LogP contribution in [0, 0.1) is 3.57 Å². The average molecular weight is 385 g/mol. The summed E-state index contributed by atoms with van der Waals surface area (Å²) in [5.74, 6) is -0.406. The van der Waals surface area contributed by atoms with E-state index < -0.39 is 16.0 Å². The van der Waals surface area contributed by atoms with Gasteiger partial charge in [-0.25, -0.2) is 0 Å². The van der Waals surface area contributed by atoms with E-state index in [0.29, 0.717) is 9.13 Å². The molecule has 0 aliphatic carbocycles. The van der Waals surface area contributed by atoms with Gasteiger partial charge in [-0.05, 0) is 41.1 Å². The Morgan fingerprint density at radius 2 is 2.11 bits per heavy atom. The third kappa shape index (κ3) is 4.33. The predicted molar refractivity (Wildman–Crippen MR) is 73.8 cm³/mol. The van der Waals surface area contributed by atoms with Crippen molar-refractivity contribution in [1.29, 1.82) is 0 Å². The van der Waals surface area contributed by atoms with Crippen molar-refractivity contribution >= 4 is 38.6 Å².